The monoisotopic (exact) mass is 396 g/mol. The number of likely N-dealkylation sites (tertiary alicyclic amines) is 1. The van der Waals surface area contributed by atoms with Gasteiger partial charge in [0.1, 0.15) is 11.5 Å². The third kappa shape index (κ3) is 4.30. The molecule has 1 aliphatic rings. The third-order valence-corrected chi connectivity index (χ3v) is 4.70. The zero-order chi connectivity index (χ0) is 20.8. The van der Waals surface area contributed by atoms with Crippen molar-refractivity contribution in [2.75, 3.05) is 26.9 Å². The van der Waals surface area contributed by atoms with Crippen LogP contribution >= 0.6 is 0 Å². The number of methoxy groups -OCH3 is 1. The van der Waals surface area contributed by atoms with Crippen LogP contribution in [0.15, 0.2) is 54.4 Å². The Kier molecular flexibility index (Phi) is 6.61. The number of amides is 1. The van der Waals surface area contributed by atoms with Crippen molar-refractivity contribution >= 4 is 17.4 Å². The lowest BCUT2D eigenvalue weighted by Gasteiger charge is -2.25. The molecule has 1 aromatic heterocycles. The molecule has 1 saturated heterocycles. The maximum Gasteiger partial charge on any atom is 0.295 e. The number of hydrogen-bond acceptors (Lipinski definition) is 6. The summed E-state index contributed by atoms with van der Waals surface area (Å²) in [5, 5.41) is 10.9. The number of Topliss-reactive ketones (excluding diaryl/α,β-unsaturated/α-hetero) is 1. The number of carbonyl (C=O) groups excluding carboxylic acids is 2. The molecule has 1 aromatic carbocycles. The van der Waals surface area contributed by atoms with Crippen LogP contribution in [0.3, 0.4) is 0 Å². The molecule has 1 amide bonds. The van der Waals surface area contributed by atoms with Gasteiger partial charge in [0.2, 0.25) is 0 Å². The smallest absolute Gasteiger partial charge is 0.295 e. The molecule has 0 aliphatic carbocycles. The highest BCUT2D eigenvalue weighted by Crippen LogP contribution is 2.39. The molecule has 1 N–H and O–H groups in total. The van der Waals surface area contributed by atoms with Gasteiger partial charge in [0, 0.05) is 31.6 Å². The first-order valence-electron chi connectivity index (χ1n) is 9.49. The van der Waals surface area contributed by atoms with Gasteiger partial charge in [-0.3, -0.25) is 14.6 Å². The van der Waals surface area contributed by atoms with Gasteiger partial charge in [-0.05, 0) is 36.2 Å². The Bertz CT molecular complexity index is 893. The zero-order valence-electron chi connectivity index (χ0n) is 16.5. The number of aliphatic hydroxyl groups is 1. The first-order chi connectivity index (χ1) is 14.1. The van der Waals surface area contributed by atoms with Crippen LogP contribution in [0.5, 0.6) is 5.75 Å². The molecule has 0 spiro atoms. The second-order valence-electron chi connectivity index (χ2n) is 6.64. The number of ether oxygens (including phenoxy) is 2. The van der Waals surface area contributed by atoms with Gasteiger partial charge in [0.05, 0.1) is 24.8 Å². The summed E-state index contributed by atoms with van der Waals surface area (Å²) >= 11 is 0. The second kappa shape index (κ2) is 9.34. The highest BCUT2D eigenvalue weighted by atomic mass is 16.5. The summed E-state index contributed by atoms with van der Waals surface area (Å²) in [5.41, 5.74) is 1.19. The molecule has 1 fully saturated rings. The van der Waals surface area contributed by atoms with Crippen LogP contribution in [0, 0.1) is 0 Å². The van der Waals surface area contributed by atoms with E-state index in [1.165, 1.54) is 24.4 Å². The van der Waals surface area contributed by atoms with Crippen LogP contribution in [0.4, 0.5) is 0 Å². The molecule has 0 bridgehead atoms. The lowest BCUT2D eigenvalue weighted by Crippen LogP contribution is -2.32. The minimum atomic E-state index is -0.716. The summed E-state index contributed by atoms with van der Waals surface area (Å²) in [6, 6.07) is 9.69. The second-order valence-corrected chi connectivity index (χ2v) is 6.64. The number of hydrogen-bond donors (Lipinski definition) is 1. The fourth-order valence-corrected chi connectivity index (χ4v) is 3.28. The van der Waals surface area contributed by atoms with Gasteiger partial charge in [-0.2, -0.15) is 0 Å². The minimum absolute atomic E-state index is 0.0551. The van der Waals surface area contributed by atoms with Crippen molar-refractivity contribution in [3.05, 3.63) is 65.5 Å². The van der Waals surface area contributed by atoms with Crippen molar-refractivity contribution < 1.29 is 24.2 Å². The van der Waals surface area contributed by atoms with E-state index in [9.17, 15) is 14.7 Å². The molecule has 7 heteroatoms. The first-order valence-corrected chi connectivity index (χ1v) is 9.49. The van der Waals surface area contributed by atoms with E-state index in [1.807, 2.05) is 6.92 Å². The molecular formula is C22H24N2O5. The molecule has 1 atom stereocenters. The average molecular weight is 396 g/mol. The Hall–Kier alpha value is -3.19. The molecule has 3 rings (SSSR count). The molecule has 7 nitrogen and oxygen atoms in total. The summed E-state index contributed by atoms with van der Waals surface area (Å²) in [6.07, 6.45) is 3.93. The van der Waals surface area contributed by atoms with E-state index in [-0.39, 0.29) is 24.5 Å². The van der Waals surface area contributed by atoms with Crippen LogP contribution in [-0.2, 0) is 14.3 Å². The fourth-order valence-electron chi connectivity index (χ4n) is 3.28. The Balaban J connectivity index is 2.05. The summed E-state index contributed by atoms with van der Waals surface area (Å²) < 4.78 is 10.7. The maximum absolute atomic E-state index is 12.8. The van der Waals surface area contributed by atoms with Crippen LogP contribution in [0.1, 0.15) is 30.5 Å². The molecule has 1 unspecified atom stereocenters. The molecule has 2 aromatic rings. The number of nitrogens with zero attached hydrogens (tertiary/aromatic N) is 2. The van der Waals surface area contributed by atoms with Gasteiger partial charge < -0.3 is 19.5 Å². The molecule has 0 saturated carbocycles. The Morgan fingerprint density at radius 3 is 2.41 bits per heavy atom. The predicted octanol–water partition coefficient (Wildman–Crippen LogP) is 2.94. The number of rotatable bonds is 8. The van der Waals surface area contributed by atoms with Crippen molar-refractivity contribution in [2.45, 2.75) is 19.4 Å². The van der Waals surface area contributed by atoms with Gasteiger partial charge in [-0.15, -0.1) is 0 Å². The van der Waals surface area contributed by atoms with Gasteiger partial charge in [0.25, 0.3) is 11.7 Å². The van der Waals surface area contributed by atoms with E-state index in [0.717, 1.165) is 6.42 Å². The number of ketones is 1. The van der Waals surface area contributed by atoms with Gasteiger partial charge in [-0.25, -0.2) is 0 Å². The van der Waals surface area contributed by atoms with Crippen molar-refractivity contribution in [3.8, 4) is 5.75 Å². The largest absolute Gasteiger partial charge is 0.507 e. The van der Waals surface area contributed by atoms with Crippen LogP contribution in [-0.4, -0.2) is 53.5 Å². The Labute approximate surface area is 169 Å². The van der Waals surface area contributed by atoms with Gasteiger partial charge in [-0.1, -0.05) is 19.1 Å². The highest BCUT2D eigenvalue weighted by molar-refractivity contribution is 6.46. The van der Waals surface area contributed by atoms with E-state index in [2.05, 4.69) is 4.98 Å². The summed E-state index contributed by atoms with van der Waals surface area (Å²) in [6.45, 7) is 3.13. The Morgan fingerprint density at radius 1 is 1.10 bits per heavy atom. The van der Waals surface area contributed by atoms with Crippen LogP contribution in [0.2, 0.25) is 0 Å². The predicted molar refractivity (Wildman–Crippen MR) is 107 cm³/mol. The SMILES string of the molecule is CCCOc1ccc(C2/C(=C(/O)c3ccncc3)C(=O)C(=O)N2CCOC)cc1. The topological polar surface area (TPSA) is 89.0 Å². The van der Waals surface area contributed by atoms with Crippen LogP contribution in [0.25, 0.3) is 5.76 Å². The highest BCUT2D eigenvalue weighted by Gasteiger charge is 2.45. The zero-order valence-corrected chi connectivity index (χ0v) is 16.5. The fraction of sp³-hybridized carbons (Fsp3) is 0.318. The summed E-state index contributed by atoms with van der Waals surface area (Å²) in [7, 11) is 1.53. The van der Waals surface area contributed by atoms with Crippen molar-refractivity contribution in [3.63, 3.8) is 0 Å². The van der Waals surface area contributed by atoms with Crippen molar-refractivity contribution in [1.82, 2.24) is 9.88 Å². The standard InChI is InChI=1S/C22H24N2O5/c1-3-13-29-17-6-4-15(5-7-17)19-18(20(25)16-8-10-23-11-9-16)21(26)22(27)24(19)12-14-28-2/h4-11,19,25H,3,12-14H2,1-2H3/b20-18-. The lowest BCUT2D eigenvalue weighted by atomic mass is 9.95. The molecule has 1 aliphatic heterocycles. The lowest BCUT2D eigenvalue weighted by molar-refractivity contribution is -0.140. The number of benzene rings is 1. The maximum atomic E-state index is 12.8. The number of aliphatic hydroxyl groups excluding tert-OH is 1. The quantitative estimate of drug-likeness (QED) is 0.419. The van der Waals surface area contributed by atoms with E-state index < -0.39 is 17.7 Å². The van der Waals surface area contributed by atoms with E-state index in [4.69, 9.17) is 9.47 Å². The molecule has 0 radical (unpaired) electrons. The Morgan fingerprint density at radius 2 is 1.79 bits per heavy atom. The average Bonchev–Trinajstić information content (AvgIpc) is 3.01. The van der Waals surface area contributed by atoms with Crippen LogP contribution < -0.4 is 4.74 Å². The van der Waals surface area contributed by atoms with Crippen molar-refractivity contribution in [1.29, 1.82) is 0 Å². The van der Waals surface area contributed by atoms with Gasteiger partial charge >= 0.3 is 0 Å². The van der Waals surface area contributed by atoms with Gasteiger partial charge in [0.15, 0.2) is 0 Å². The summed E-state index contributed by atoms with van der Waals surface area (Å²) in [4.78, 5) is 30.8. The minimum Gasteiger partial charge on any atom is -0.507 e. The van der Waals surface area contributed by atoms with E-state index >= 15 is 0 Å². The first kappa shape index (κ1) is 20.5. The summed E-state index contributed by atoms with van der Waals surface area (Å²) in [5.74, 6) is -0.888. The number of carbonyl (C=O) groups is 2. The molecule has 2 heterocycles. The van der Waals surface area contributed by atoms with E-state index in [1.54, 1.807) is 36.4 Å². The third-order valence-electron chi connectivity index (χ3n) is 4.70. The molecule has 152 valence electrons. The number of pyridine rings is 1. The van der Waals surface area contributed by atoms with E-state index in [0.29, 0.717) is 23.5 Å². The van der Waals surface area contributed by atoms with Crippen molar-refractivity contribution in [2.24, 2.45) is 0 Å². The normalized spacial score (nSPS) is 18.3. The molecule has 29 heavy (non-hydrogen) atoms. The molecular weight excluding hydrogens is 372 g/mol. The number of aromatic nitrogens is 1.